The van der Waals surface area contributed by atoms with E-state index in [1.165, 1.54) is 6.07 Å². The Balaban J connectivity index is 1.92. The van der Waals surface area contributed by atoms with Gasteiger partial charge in [0, 0.05) is 24.2 Å². The zero-order chi connectivity index (χ0) is 13.0. The molecule has 1 unspecified atom stereocenters. The number of nitrogens with zero attached hydrogens (tertiary/aromatic N) is 1. The molecule has 0 spiro atoms. The van der Waals surface area contributed by atoms with E-state index in [0.717, 1.165) is 36.5 Å². The predicted molar refractivity (Wildman–Crippen MR) is 75.9 cm³/mol. The second kappa shape index (κ2) is 6.54. The Labute approximate surface area is 118 Å². The highest BCUT2D eigenvalue weighted by molar-refractivity contribution is 9.10. The van der Waals surface area contributed by atoms with E-state index in [1.807, 2.05) is 6.07 Å². The van der Waals surface area contributed by atoms with Crippen LogP contribution in [-0.4, -0.2) is 23.4 Å². The number of ether oxygens (including phenoxy) is 1. The summed E-state index contributed by atoms with van der Waals surface area (Å²) in [7, 11) is 0. The summed E-state index contributed by atoms with van der Waals surface area (Å²) in [4.78, 5) is 10.4. The average molecular weight is 332 g/mol. The maximum atomic E-state index is 10.8. The first-order chi connectivity index (χ1) is 8.68. The lowest BCUT2D eigenvalue weighted by Gasteiger charge is -2.09. The molecule has 1 aromatic rings. The average Bonchev–Trinajstić information content (AvgIpc) is 2.84. The van der Waals surface area contributed by atoms with E-state index in [9.17, 15) is 10.1 Å². The molecule has 0 radical (unpaired) electrons. The molecule has 98 valence electrons. The van der Waals surface area contributed by atoms with Gasteiger partial charge >= 0.3 is 0 Å². The lowest BCUT2D eigenvalue weighted by Crippen LogP contribution is -2.08. The molecule has 18 heavy (non-hydrogen) atoms. The standard InChI is InChI=1S/C12H14BrNO3S/c13-12-9(3-1-5-11(12)14(15)16)7-18-8-10-4-2-6-17-10/h1,3,5,10H,2,4,6-8H2. The fraction of sp³-hybridized carbons (Fsp3) is 0.500. The number of nitro benzene ring substituents is 1. The van der Waals surface area contributed by atoms with Crippen molar-refractivity contribution in [3.8, 4) is 0 Å². The second-order valence-corrected chi connectivity index (χ2v) is 5.98. The SMILES string of the molecule is O=[N+]([O-])c1cccc(CSCC2CCCO2)c1Br. The molecule has 1 aromatic carbocycles. The minimum Gasteiger partial charge on any atom is -0.377 e. The molecule has 0 aromatic heterocycles. The van der Waals surface area contributed by atoms with Crippen LogP contribution in [-0.2, 0) is 10.5 Å². The molecule has 4 nitrogen and oxygen atoms in total. The van der Waals surface area contributed by atoms with Gasteiger partial charge in [-0.15, -0.1) is 0 Å². The highest BCUT2D eigenvalue weighted by atomic mass is 79.9. The van der Waals surface area contributed by atoms with Gasteiger partial charge in [-0.1, -0.05) is 12.1 Å². The van der Waals surface area contributed by atoms with Crippen LogP contribution in [0.25, 0.3) is 0 Å². The van der Waals surface area contributed by atoms with Crippen LogP contribution >= 0.6 is 27.7 Å². The van der Waals surface area contributed by atoms with Crippen molar-refractivity contribution in [2.24, 2.45) is 0 Å². The Kier molecular flexibility index (Phi) is 5.03. The Hall–Kier alpha value is -0.590. The quantitative estimate of drug-likeness (QED) is 0.608. The van der Waals surface area contributed by atoms with E-state index < -0.39 is 0 Å². The summed E-state index contributed by atoms with van der Waals surface area (Å²) >= 11 is 5.07. The van der Waals surface area contributed by atoms with Crippen molar-refractivity contribution in [1.82, 2.24) is 0 Å². The summed E-state index contributed by atoms with van der Waals surface area (Å²) in [5.74, 6) is 1.72. The normalized spacial score (nSPS) is 19.1. The van der Waals surface area contributed by atoms with Gasteiger partial charge in [-0.25, -0.2) is 0 Å². The number of rotatable bonds is 5. The van der Waals surface area contributed by atoms with Gasteiger partial charge in [0.2, 0.25) is 0 Å². The fourth-order valence-corrected chi connectivity index (χ4v) is 3.73. The molecule has 1 atom stereocenters. The molecule has 1 saturated heterocycles. The molecule has 0 aliphatic carbocycles. The maximum absolute atomic E-state index is 10.8. The molecule has 0 amide bonds. The summed E-state index contributed by atoms with van der Waals surface area (Å²) in [6, 6.07) is 5.16. The number of hydrogen-bond acceptors (Lipinski definition) is 4. The topological polar surface area (TPSA) is 52.4 Å². The lowest BCUT2D eigenvalue weighted by molar-refractivity contribution is -0.385. The van der Waals surface area contributed by atoms with Gasteiger partial charge in [0.25, 0.3) is 5.69 Å². The number of nitro groups is 1. The Morgan fingerprint density at radius 2 is 2.39 bits per heavy atom. The van der Waals surface area contributed by atoms with E-state index in [2.05, 4.69) is 15.9 Å². The van der Waals surface area contributed by atoms with Gasteiger partial charge in [0.15, 0.2) is 0 Å². The maximum Gasteiger partial charge on any atom is 0.283 e. The first kappa shape index (κ1) is 13.8. The van der Waals surface area contributed by atoms with Crippen molar-refractivity contribution in [2.45, 2.75) is 24.7 Å². The zero-order valence-electron chi connectivity index (χ0n) is 9.80. The lowest BCUT2D eigenvalue weighted by atomic mass is 10.2. The van der Waals surface area contributed by atoms with Crippen molar-refractivity contribution in [1.29, 1.82) is 0 Å². The molecular weight excluding hydrogens is 318 g/mol. The van der Waals surface area contributed by atoms with E-state index in [-0.39, 0.29) is 10.6 Å². The van der Waals surface area contributed by atoms with Crippen LogP contribution in [0.15, 0.2) is 22.7 Å². The van der Waals surface area contributed by atoms with E-state index in [1.54, 1.807) is 17.8 Å². The van der Waals surface area contributed by atoms with Crippen LogP contribution in [0.1, 0.15) is 18.4 Å². The van der Waals surface area contributed by atoms with Crippen LogP contribution in [0.4, 0.5) is 5.69 Å². The highest BCUT2D eigenvalue weighted by Crippen LogP contribution is 2.31. The first-order valence-corrected chi connectivity index (χ1v) is 7.74. The largest absolute Gasteiger partial charge is 0.377 e. The van der Waals surface area contributed by atoms with Gasteiger partial charge in [-0.05, 0) is 34.3 Å². The smallest absolute Gasteiger partial charge is 0.283 e. The monoisotopic (exact) mass is 331 g/mol. The molecule has 0 bridgehead atoms. The van der Waals surface area contributed by atoms with Crippen LogP contribution < -0.4 is 0 Å². The van der Waals surface area contributed by atoms with Crippen LogP contribution in [0.2, 0.25) is 0 Å². The Morgan fingerprint density at radius 1 is 1.56 bits per heavy atom. The molecule has 0 N–H and O–H groups in total. The van der Waals surface area contributed by atoms with E-state index in [0.29, 0.717) is 10.6 Å². The Bertz CT molecular complexity index is 435. The number of halogens is 1. The fourth-order valence-electron chi connectivity index (χ4n) is 1.89. The molecule has 0 saturated carbocycles. The molecule has 1 aliphatic heterocycles. The van der Waals surface area contributed by atoms with Crippen LogP contribution in [0, 0.1) is 10.1 Å². The minimum atomic E-state index is -0.363. The molecular formula is C12H14BrNO3S. The number of benzene rings is 1. The Morgan fingerprint density at radius 3 is 3.06 bits per heavy atom. The van der Waals surface area contributed by atoms with Crippen LogP contribution in [0.3, 0.4) is 0 Å². The summed E-state index contributed by atoms with van der Waals surface area (Å²) in [6.45, 7) is 0.867. The van der Waals surface area contributed by atoms with Crippen molar-refractivity contribution in [2.75, 3.05) is 12.4 Å². The summed E-state index contributed by atoms with van der Waals surface area (Å²) in [5, 5.41) is 10.8. The van der Waals surface area contributed by atoms with Gasteiger partial charge < -0.3 is 4.74 Å². The molecule has 1 fully saturated rings. The third kappa shape index (κ3) is 3.46. The van der Waals surface area contributed by atoms with E-state index in [4.69, 9.17) is 4.74 Å². The molecule has 2 rings (SSSR count). The highest BCUT2D eigenvalue weighted by Gasteiger charge is 2.17. The summed E-state index contributed by atoms with van der Waals surface area (Å²) < 4.78 is 6.13. The first-order valence-electron chi connectivity index (χ1n) is 5.79. The van der Waals surface area contributed by atoms with Crippen LogP contribution in [0.5, 0.6) is 0 Å². The van der Waals surface area contributed by atoms with Crippen molar-refractivity contribution in [3.63, 3.8) is 0 Å². The van der Waals surface area contributed by atoms with E-state index >= 15 is 0 Å². The predicted octanol–water partition coefficient (Wildman–Crippen LogP) is 3.77. The summed E-state index contributed by atoms with van der Waals surface area (Å²) in [5.41, 5.74) is 1.09. The van der Waals surface area contributed by atoms with Crippen molar-refractivity contribution in [3.05, 3.63) is 38.3 Å². The number of thioether (sulfide) groups is 1. The van der Waals surface area contributed by atoms with Crippen molar-refractivity contribution < 1.29 is 9.66 Å². The minimum absolute atomic E-state index is 0.130. The van der Waals surface area contributed by atoms with Gasteiger partial charge in [-0.3, -0.25) is 10.1 Å². The zero-order valence-corrected chi connectivity index (χ0v) is 12.2. The van der Waals surface area contributed by atoms with Crippen molar-refractivity contribution >= 4 is 33.4 Å². The van der Waals surface area contributed by atoms with Gasteiger partial charge in [0.1, 0.15) is 0 Å². The molecule has 1 aliphatic rings. The third-order valence-corrected chi connectivity index (χ3v) is 4.88. The van der Waals surface area contributed by atoms with Gasteiger partial charge in [-0.2, -0.15) is 11.8 Å². The summed E-state index contributed by atoms with van der Waals surface area (Å²) in [6.07, 6.45) is 2.63. The van der Waals surface area contributed by atoms with Gasteiger partial charge in [0.05, 0.1) is 15.5 Å². The molecule has 6 heteroatoms. The second-order valence-electron chi connectivity index (χ2n) is 4.16. The number of hydrogen-bond donors (Lipinski definition) is 0. The third-order valence-electron chi connectivity index (χ3n) is 2.84. The molecule has 1 heterocycles.